The fourth-order valence-corrected chi connectivity index (χ4v) is 2.88. The minimum atomic E-state index is 1.17. The molecular formula is C17H20S. The number of benzene rings is 2. The molecular weight excluding hydrogens is 236 g/mol. The van der Waals surface area contributed by atoms with Gasteiger partial charge in [-0.25, -0.2) is 0 Å². The molecule has 0 bridgehead atoms. The van der Waals surface area contributed by atoms with E-state index in [1.165, 1.54) is 40.0 Å². The third-order valence-corrected chi connectivity index (χ3v) is 4.08. The zero-order valence-corrected chi connectivity index (χ0v) is 12.2. The normalized spacial score (nSPS) is 10.6. The van der Waals surface area contributed by atoms with Gasteiger partial charge in [-0.1, -0.05) is 49.7 Å². The molecule has 0 fully saturated rings. The molecule has 0 saturated heterocycles. The molecule has 0 radical (unpaired) electrons. The van der Waals surface area contributed by atoms with Gasteiger partial charge in [-0.3, -0.25) is 0 Å². The van der Waals surface area contributed by atoms with E-state index in [1.807, 2.05) is 11.8 Å². The number of rotatable bonds is 4. The summed E-state index contributed by atoms with van der Waals surface area (Å²) in [5.41, 5.74) is 5.57. The monoisotopic (exact) mass is 256 g/mol. The molecule has 0 unspecified atom stereocenters. The van der Waals surface area contributed by atoms with Crippen LogP contribution in [0.1, 0.15) is 24.5 Å². The van der Waals surface area contributed by atoms with Crippen LogP contribution in [0.3, 0.4) is 0 Å². The van der Waals surface area contributed by atoms with Crippen LogP contribution in [-0.2, 0) is 6.42 Å². The molecule has 0 aromatic heterocycles. The fraction of sp³-hybridized carbons (Fsp3) is 0.294. The first kappa shape index (κ1) is 13.2. The van der Waals surface area contributed by atoms with Crippen molar-refractivity contribution in [1.82, 2.24) is 0 Å². The molecule has 0 N–H and O–H groups in total. The van der Waals surface area contributed by atoms with Gasteiger partial charge in [0, 0.05) is 4.90 Å². The second-order valence-corrected chi connectivity index (χ2v) is 5.44. The Hall–Kier alpha value is -1.21. The molecule has 1 heteroatoms. The Labute approximate surface area is 114 Å². The molecule has 0 heterocycles. The molecule has 0 aliphatic rings. The van der Waals surface area contributed by atoms with Gasteiger partial charge in [0.25, 0.3) is 0 Å². The molecule has 2 rings (SSSR count). The molecule has 0 amide bonds. The second kappa shape index (κ2) is 6.10. The summed E-state index contributed by atoms with van der Waals surface area (Å²) in [6, 6.07) is 15.5. The minimum Gasteiger partial charge on any atom is -0.129 e. The Morgan fingerprint density at radius 2 is 1.83 bits per heavy atom. The molecule has 2 aromatic carbocycles. The number of thioether (sulfide) groups is 1. The van der Waals surface area contributed by atoms with Gasteiger partial charge in [-0.15, -0.1) is 11.8 Å². The highest BCUT2D eigenvalue weighted by molar-refractivity contribution is 7.98. The highest BCUT2D eigenvalue weighted by atomic mass is 32.2. The Balaban J connectivity index is 2.47. The van der Waals surface area contributed by atoms with Crippen LogP contribution < -0.4 is 0 Å². The lowest BCUT2D eigenvalue weighted by Crippen LogP contribution is -1.90. The maximum absolute atomic E-state index is 2.36. The average Bonchev–Trinajstić information content (AvgIpc) is 2.41. The summed E-state index contributed by atoms with van der Waals surface area (Å²) in [6.07, 6.45) is 4.51. The van der Waals surface area contributed by atoms with E-state index in [1.54, 1.807) is 0 Å². The zero-order chi connectivity index (χ0) is 13.0. The SMILES string of the molecule is CCCc1cc(-c2ccccc2SC)ccc1C. The van der Waals surface area contributed by atoms with Gasteiger partial charge in [0.2, 0.25) is 0 Å². The van der Waals surface area contributed by atoms with E-state index in [9.17, 15) is 0 Å². The van der Waals surface area contributed by atoms with Crippen molar-refractivity contribution in [3.8, 4) is 11.1 Å². The fourth-order valence-electron chi connectivity index (χ4n) is 2.26. The standard InChI is InChI=1S/C17H20S/c1-4-7-14-12-15(11-10-13(14)2)16-8-5-6-9-17(16)18-3/h5-6,8-12H,4,7H2,1-3H3. The van der Waals surface area contributed by atoms with Crippen molar-refractivity contribution in [3.63, 3.8) is 0 Å². The first-order valence-electron chi connectivity index (χ1n) is 6.49. The third kappa shape index (κ3) is 2.78. The molecule has 94 valence electrons. The van der Waals surface area contributed by atoms with Gasteiger partial charge in [0.05, 0.1) is 0 Å². The maximum atomic E-state index is 2.36. The van der Waals surface area contributed by atoms with E-state index in [2.05, 4.69) is 62.6 Å². The summed E-state index contributed by atoms with van der Waals surface area (Å²) in [7, 11) is 0. The van der Waals surface area contributed by atoms with Crippen LogP contribution in [0.25, 0.3) is 11.1 Å². The summed E-state index contributed by atoms with van der Waals surface area (Å²) in [5.74, 6) is 0. The van der Waals surface area contributed by atoms with Crippen molar-refractivity contribution in [2.45, 2.75) is 31.6 Å². The van der Waals surface area contributed by atoms with Gasteiger partial charge >= 0.3 is 0 Å². The van der Waals surface area contributed by atoms with Gasteiger partial charge in [-0.2, -0.15) is 0 Å². The third-order valence-electron chi connectivity index (χ3n) is 3.29. The highest BCUT2D eigenvalue weighted by Crippen LogP contribution is 2.31. The minimum absolute atomic E-state index is 1.17. The molecule has 0 aliphatic heterocycles. The predicted molar refractivity (Wildman–Crippen MR) is 82.4 cm³/mol. The Morgan fingerprint density at radius 3 is 2.56 bits per heavy atom. The van der Waals surface area contributed by atoms with Crippen molar-refractivity contribution in [3.05, 3.63) is 53.6 Å². The van der Waals surface area contributed by atoms with Crippen LogP contribution in [0.15, 0.2) is 47.4 Å². The summed E-state index contributed by atoms with van der Waals surface area (Å²) in [4.78, 5) is 1.35. The smallest absolute Gasteiger partial charge is 0.0148 e. The first-order valence-corrected chi connectivity index (χ1v) is 7.71. The average molecular weight is 256 g/mol. The quantitative estimate of drug-likeness (QED) is 0.666. The Kier molecular flexibility index (Phi) is 4.48. The number of aryl methyl sites for hydroxylation is 2. The zero-order valence-electron chi connectivity index (χ0n) is 11.4. The topological polar surface area (TPSA) is 0 Å². The van der Waals surface area contributed by atoms with Crippen LogP contribution in [-0.4, -0.2) is 6.26 Å². The molecule has 0 nitrogen and oxygen atoms in total. The molecule has 0 saturated carbocycles. The van der Waals surface area contributed by atoms with Gasteiger partial charge in [0.15, 0.2) is 0 Å². The van der Waals surface area contributed by atoms with Gasteiger partial charge < -0.3 is 0 Å². The van der Waals surface area contributed by atoms with Crippen molar-refractivity contribution < 1.29 is 0 Å². The lowest BCUT2D eigenvalue weighted by Gasteiger charge is -2.11. The van der Waals surface area contributed by atoms with Crippen LogP contribution in [0.2, 0.25) is 0 Å². The molecule has 0 spiro atoms. The number of hydrogen-bond acceptors (Lipinski definition) is 1. The Morgan fingerprint density at radius 1 is 1.06 bits per heavy atom. The Bertz CT molecular complexity index is 529. The predicted octanol–water partition coefficient (Wildman–Crippen LogP) is 5.34. The van der Waals surface area contributed by atoms with Crippen molar-refractivity contribution >= 4 is 11.8 Å². The number of hydrogen-bond donors (Lipinski definition) is 0. The molecule has 18 heavy (non-hydrogen) atoms. The van der Waals surface area contributed by atoms with E-state index in [0.29, 0.717) is 0 Å². The lowest BCUT2D eigenvalue weighted by molar-refractivity contribution is 0.913. The van der Waals surface area contributed by atoms with E-state index >= 15 is 0 Å². The first-order chi connectivity index (χ1) is 8.76. The van der Waals surface area contributed by atoms with Crippen LogP contribution in [0, 0.1) is 6.92 Å². The molecule has 2 aromatic rings. The van der Waals surface area contributed by atoms with Crippen molar-refractivity contribution in [2.24, 2.45) is 0 Å². The lowest BCUT2D eigenvalue weighted by atomic mass is 9.97. The molecule has 0 aliphatic carbocycles. The maximum Gasteiger partial charge on any atom is 0.0148 e. The van der Waals surface area contributed by atoms with Crippen LogP contribution >= 0.6 is 11.8 Å². The summed E-state index contributed by atoms with van der Waals surface area (Å²) < 4.78 is 0. The van der Waals surface area contributed by atoms with Gasteiger partial charge in [0.1, 0.15) is 0 Å². The summed E-state index contributed by atoms with van der Waals surface area (Å²) in [6.45, 7) is 4.44. The van der Waals surface area contributed by atoms with E-state index in [4.69, 9.17) is 0 Å². The molecule has 0 atom stereocenters. The van der Waals surface area contributed by atoms with E-state index < -0.39 is 0 Å². The largest absolute Gasteiger partial charge is 0.129 e. The van der Waals surface area contributed by atoms with E-state index in [0.717, 1.165) is 0 Å². The highest BCUT2D eigenvalue weighted by Gasteiger charge is 2.05. The van der Waals surface area contributed by atoms with Crippen molar-refractivity contribution in [2.75, 3.05) is 6.26 Å². The van der Waals surface area contributed by atoms with Crippen LogP contribution in [0.4, 0.5) is 0 Å². The second-order valence-electron chi connectivity index (χ2n) is 4.59. The van der Waals surface area contributed by atoms with Crippen LogP contribution in [0.5, 0.6) is 0 Å². The van der Waals surface area contributed by atoms with E-state index in [-0.39, 0.29) is 0 Å². The summed E-state index contributed by atoms with van der Waals surface area (Å²) >= 11 is 1.81. The summed E-state index contributed by atoms with van der Waals surface area (Å²) in [5, 5.41) is 0. The van der Waals surface area contributed by atoms with Gasteiger partial charge in [-0.05, 0) is 47.9 Å². The van der Waals surface area contributed by atoms with Crippen molar-refractivity contribution in [1.29, 1.82) is 0 Å².